The standard InChI is InChI=1S/C79H151NO5/c1-3-5-7-9-11-13-15-17-19-20-40-44-47-51-55-59-63-67-71-77(82)76(75-81)80-78(83)72-68-64-60-56-52-48-45-41-38-36-34-32-30-28-26-24-22-21-23-25-27-29-31-33-35-37-39-42-46-50-54-58-62-66-70-74-85-79(84)73-69-65-61-57-53-49-43-18-16-14-12-10-8-6-4-2/h18,23,25,43,67,71,76-77,81-82H,3-17,19-22,24,26-42,44-66,68-70,72-75H2,1-2H3,(H,80,83)/b25-23-,43-18-,71-67+. The second-order valence-electron chi connectivity index (χ2n) is 26.7. The van der Waals surface area contributed by atoms with Gasteiger partial charge in [-0.05, 0) is 83.5 Å². The van der Waals surface area contributed by atoms with E-state index in [0.29, 0.717) is 19.4 Å². The fourth-order valence-electron chi connectivity index (χ4n) is 12.2. The largest absolute Gasteiger partial charge is 0.466 e. The van der Waals surface area contributed by atoms with Gasteiger partial charge in [0.25, 0.3) is 0 Å². The minimum Gasteiger partial charge on any atom is -0.466 e. The summed E-state index contributed by atoms with van der Waals surface area (Å²) in [4.78, 5) is 24.6. The number of unbranched alkanes of at least 4 members (excludes halogenated alkanes) is 58. The summed E-state index contributed by atoms with van der Waals surface area (Å²) >= 11 is 0. The van der Waals surface area contributed by atoms with Crippen molar-refractivity contribution in [1.82, 2.24) is 5.32 Å². The van der Waals surface area contributed by atoms with Gasteiger partial charge in [-0.15, -0.1) is 0 Å². The number of allylic oxidation sites excluding steroid dienone is 5. The van der Waals surface area contributed by atoms with Crippen molar-refractivity contribution in [2.45, 2.75) is 443 Å². The molecule has 502 valence electrons. The lowest BCUT2D eigenvalue weighted by molar-refractivity contribution is -0.143. The molecule has 2 unspecified atom stereocenters. The number of amides is 1. The molecule has 0 rings (SSSR count). The van der Waals surface area contributed by atoms with Crippen molar-refractivity contribution >= 4 is 11.9 Å². The molecule has 0 saturated carbocycles. The van der Waals surface area contributed by atoms with Gasteiger partial charge in [0.15, 0.2) is 0 Å². The van der Waals surface area contributed by atoms with E-state index in [1.54, 1.807) is 6.08 Å². The van der Waals surface area contributed by atoms with Crippen LogP contribution in [0.15, 0.2) is 36.5 Å². The fourth-order valence-corrected chi connectivity index (χ4v) is 12.2. The molecule has 0 aromatic carbocycles. The molecule has 0 saturated heterocycles. The molecule has 0 aliphatic heterocycles. The molecule has 0 aromatic heterocycles. The number of aliphatic hydroxyl groups excluding tert-OH is 2. The van der Waals surface area contributed by atoms with Crippen molar-refractivity contribution in [3.63, 3.8) is 0 Å². The van der Waals surface area contributed by atoms with E-state index in [2.05, 4.69) is 43.5 Å². The highest BCUT2D eigenvalue weighted by atomic mass is 16.5. The summed E-state index contributed by atoms with van der Waals surface area (Å²) in [6.07, 6.45) is 96.9. The Morgan fingerprint density at radius 1 is 0.318 bits per heavy atom. The van der Waals surface area contributed by atoms with E-state index in [-0.39, 0.29) is 18.5 Å². The second-order valence-corrected chi connectivity index (χ2v) is 26.7. The highest BCUT2D eigenvalue weighted by Gasteiger charge is 2.18. The van der Waals surface area contributed by atoms with Crippen LogP contribution in [0.25, 0.3) is 0 Å². The van der Waals surface area contributed by atoms with Crippen LogP contribution in [0.5, 0.6) is 0 Å². The summed E-state index contributed by atoms with van der Waals surface area (Å²) in [5.74, 6) is -0.0482. The van der Waals surface area contributed by atoms with Gasteiger partial charge < -0.3 is 20.3 Å². The first-order valence-electron chi connectivity index (χ1n) is 38.8. The van der Waals surface area contributed by atoms with Crippen molar-refractivity contribution < 1.29 is 24.5 Å². The maximum Gasteiger partial charge on any atom is 0.305 e. The minimum atomic E-state index is -0.843. The molecular weight excluding hydrogens is 1040 g/mol. The summed E-state index contributed by atoms with van der Waals surface area (Å²) in [5.41, 5.74) is 0. The van der Waals surface area contributed by atoms with E-state index in [0.717, 1.165) is 44.9 Å². The zero-order chi connectivity index (χ0) is 61.3. The van der Waals surface area contributed by atoms with E-state index in [4.69, 9.17) is 4.74 Å². The Hall–Kier alpha value is -1.92. The van der Waals surface area contributed by atoms with Crippen molar-refractivity contribution in [3.05, 3.63) is 36.5 Å². The molecule has 0 aromatic rings. The van der Waals surface area contributed by atoms with Gasteiger partial charge in [0.1, 0.15) is 0 Å². The number of aliphatic hydroxyl groups is 2. The van der Waals surface area contributed by atoms with Gasteiger partial charge in [0.2, 0.25) is 5.91 Å². The maximum absolute atomic E-state index is 12.5. The number of carbonyl (C=O) groups is 2. The molecule has 0 fully saturated rings. The van der Waals surface area contributed by atoms with Crippen molar-refractivity contribution in [2.24, 2.45) is 0 Å². The van der Waals surface area contributed by atoms with Gasteiger partial charge in [0, 0.05) is 12.8 Å². The zero-order valence-corrected chi connectivity index (χ0v) is 57.6. The van der Waals surface area contributed by atoms with Gasteiger partial charge in [-0.1, -0.05) is 371 Å². The Bertz CT molecular complexity index is 1380. The predicted molar refractivity (Wildman–Crippen MR) is 375 cm³/mol. The lowest BCUT2D eigenvalue weighted by Gasteiger charge is -2.20. The van der Waals surface area contributed by atoms with Crippen LogP contribution >= 0.6 is 0 Å². The SMILES string of the molecule is CCCCCCCC/C=C\CCCCCCCC(=O)OCCCCCCCCCCCCCCCC/C=C\CCCCCCCCCCCCCCCCCCCC(=O)NC(CO)C(O)/C=C/CCCCCCCCCCCCCCCCCC. The number of hydrogen-bond donors (Lipinski definition) is 3. The molecule has 0 spiro atoms. The first kappa shape index (κ1) is 83.1. The van der Waals surface area contributed by atoms with Crippen LogP contribution in [0.2, 0.25) is 0 Å². The van der Waals surface area contributed by atoms with Crippen molar-refractivity contribution in [1.29, 1.82) is 0 Å². The number of ether oxygens (including phenoxy) is 1. The number of carbonyl (C=O) groups excluding carboxylic acids is 2. The van der Waals surface area contributed by atoms with Crippen LogP contribution in [0.3, 0.4) is 0 Å². The summed E-state index contributed by atoms with van der Waals surface area (Å²) in [6.45, 7) is 4.94. The molecule has 2 atom stereocenters. The molecule has 0 aliphatic carbocycles. The first-order valence-corrected chi connectivity index (χ1v) is 38.8. The Morgan fingerprint density at radius 2 is 0.553 bits per heavy atom. The summed E-state index contributed by atoms with van der Waals surface area (Å²) in [7, 11) is 0. The average Bonchev–Trinajstić information content (AvgIpc) is 3.51. The van der Waals surface area contributed by atoms with Crippen LogP contribution in [0, 0.1) is 0 Å². The van der Waals surface area contributed by atoms with Gasteiger partial charge in [-0.3, -0.25) is 9.59 Å². The Morgan fingerprint density at radius 3 is 0.835 bits per heavy atom. The quantitative estimate of drug-likeness (QED) is 0.0320. The van der Waals surface area contributed by atoms with Gasteiger partial charge >= 0.3 is 5.97 Å². The molecule has 6 nitrogen and oxygen atoms in total. The molecule has 85 heavy (non-hydrogen) atoms. The Kier molecular flexibility index (Phi) is 72.9. The number of rotatable bonds is 73. The monoisotopic (exact) mass is 1190 g/mol. The molecule has 0 bridgehead atoms. The van der Waals surface area contributed by atoms with E-state index >= 15 is 0 Å². The predicted octanol–water partition coefficient (Wildman–Crippen LogP) is 25.4. The molecule has 0 heterocycles. The average molecular weight is 1200 g/mol. The highest BCUT2D eigenvalue weighted by Crippen LogP contribution is 2.19. The summed E-state index contributed by atoms with van der Waals surface area (Å²) in [5, 5.41) is 23.2. The lowest BCUT2D eigenvalue weighted by atomic mass is 10.0. The fraction of sp³-hybridized carbons (Fsp3) is 0.899. The zero-order valence-electron chi connectivity index (χ0n) is 57.6. The van der Waals surface area contributed by atoms with Gasteiger partial charge in [-0.25, -0.2) is 0 Å². The lowest BCUT2D eigenvalue weighted by Crippen LogP contribution is -2.45. The van der Waals surface area contributed by atoms with E-state index in [1.165, 1.54) is 360 Å². The number of hydrogen-bond acceptors (Lipinski definition) is 5. The van der Waals surface area contributed by atoms with Crippen LogP contribution in [-0.2, 0) is 14.3 Å². The van der Waals surface area contributed by atoms with E-state index in [9.17, 15) is 19.8 Å². The van der Waals surface area contributed by atoms with E-state index in [1.807, 2.05) is 6.08 Å². The second kappa shape index (κ2) is 74.5. The van der Waals surface area contributed by atoms with Gasteiger partial charge in [0.05, 0.1) is 25.4 Å². The topological polar surface area (TPSA) is 95.9 Å². The van der Waals surface area contributed by atoms with Crippen molar-refractivity contribution in [2.75, 3.05) is 13.2 Å². The van der Waals surface area contributed by atoms with Crippen LogP contribution in [-0.4, -0.2) is 47.4 Å². The number of esters is 1. The molecular formula is C79H151NO5. The highest BCUT2D eigenvalue weighted by molar-refractivity contribution is 5.76. The smallest absolute Gasteiger partial charge is 0.305 e. The minimum absolute atomic E-state index is 0.0126. The molecule has 1 amide bonds. The summed E-state index contributed by atoms with van der Waals surface area (Å²) < 4.78 is 5.50. The molecule has 6 heteroatoms. The maximum atomic E-state index is 12.5. The molecule has 0 aliphatic rings. The van der Waals surface area contributed by atoms with Crippen molar-refractivity contribution in [3.8, 4) is 0 Å². The molecule has 3 N–H and O–H groups in total. The van der Waals surface area contributed by atoms with Crippen LogP contribution < -0.4 is 5.32 Å². The third-order valence-electron chi connectivity index (χ3n) is 18.1. The summed E-state index contributed by atoms with van der Waals surface area (Å²) in [6, 6.07) is -0.626. The number of nitrogens with one attached hydrogen (secondary N) is 1. The Labute approximate surface area is 532 Å². The third kappa shape index (κ3) is 71.0. The normalized spacial score (nSPS) is 12.7. The Balaban J connectivity index is 3.36. The third-order valence-corrected chi connectivity index (χ3v) is 18.1. The first-order chi connectivity index (χ1) is 42.0. The van der Waals surface area contributed by atoms with Crippen LogP contribution in [0.1, 0.15) is 431 Å². The van der Waals surface area contributed by atoms with E-state index < -0.39 is 12.1 Å². The van der Waals surface area contributed by atoms with Crippen LogP contribution in [0.4, 0.5) is 0 Å². The van der Waals surface area contributed by atoms with Gasteiger partial charge in [-0.2, -0.15) is 0 Å². The molecule has 0 radical (unpaired) electrons.